The van der Waals surface area contributed by atoms with Crippen molar-refractivity contribution in [3.05, 3.63) is 41.0 Å². The Hall–Kier alpha value is -2.99. The van der Waals surface area contributed by atoms with Crippen LogP contribution in [0.3, 0.4) is 0 Å². The number of halogens is 6. The van der Waals surface area contributed by atoms with Crippen molar-refractivity contribution in [3.63, 3.8) is 0 Å². The maximum Gasteiger partial charge on any atom is 0.410 e. The molecule has 38 heavy (non-hydrogen) atoms. The van der Waals surface area contributed by atoms with Crippen molar-refractivity contribution in [3.8, 4) is 0 Å². The lowest BCUT2D eigenvalue weighted by molar-refractivity contribution is -0.184. The van der Waals surface area contributed by atoms with E-state index in [1.54, 1.807) is 25.7 Å². The number of carbonyl (C=O) groups is 1. The molecule has 3 unspecified atom stereocenters. The van der Waals surface area contributed by atoms with Gasteiger partial charge >= 0.3 is 12.3 Å². The van der Waals surface area contributed by atoms with E-state index in [-0.39, 0.29) is 29.7 Å². The van der Waals surface area contributed by atoms with E-state index in [9.17, 15) is 31.1 Å². The zero-order valence-electron chi connectivity index (χ0n) is 21.2. The van der Waals surface area contributed by atoms with Gasteiger partial charge in [0.25, 0.3) is 0 Å². The van der Waals surface area contributed by atoms with Crippen LogP contribution in [0.25, 0.3) is 0 Å². The largest absolute Gasteiger partial charge is 0.444 e. The summed E-state index contributed by atoms with van der Waals surface area (Å²) in [5.41, 5.74) is -1.02. The normalized spacial score (nSPS) is 27.3. The van der Waals surface area contributed by atoms with Gasteiger partial charge in [0.1, 0.15) is 11.4 Å². The van der Waals surface area contributed by atoms with Gasteiger partial charge in [-0.1, -0.05) is 6.07 Å². The molecule has 5 rings (SSSR count). The van der Waals surface area contributed by atoms with E-state index in [1.807, 2.05) is 0 Å². The molecule has 1 aromatic heterocycles. The number of carbonyl (C=O) groups excluding carboxylic acids is 1. The molecule has 13 heteroatoms. The van der Waals surface area contributed by atoms with E-state index >= 15 is 0 Å². The number of fused-ring (bicyclic) bond motifs is 3. The van der Waals surface area contributed by atoms with E-state index in [2.05, 4.69) is 15.4 Å². The van der Waals surface area contributed by atoms with Crippen LogP contribution in [0.4, 0.5) is 37.1 Å². The number of hydrogen-bond acceptors (Lipinski definition) is 5. The third-order valence-electron chi connectivity index (χ3n) is 7.61. The summed E-state index contributed by atoms with van der Waals surface area (Å²) in [6.45, 7) is 5.78. The average molecular weight is 546 g/mol. The Balaban J connectivity index is 1.39. The molecule has 1 saturated heterocycles. The number of likely N-dealkylation sites (tertiary alicyclic amines) is 1. The molecule has 2 fully saturated rings. The van der Waals surface area contributed by atoms with Crippen molar-refractivity contribution in [1.29, 1.82) is 0 Å². The Morgan fingerprint density at radius 3 is 2.29 bits per heavy atom. The lowest BCUT2D eigenvalue weighted by Crippen LogP contribution is -2.51. The topological polar surface area (TPSA) is 72.3 Å². The quantitative estimate of drug-likeness (QED) is 0.409. The Morgan fingerprint density at radius 2 is 1.68 bits per heavy atom. The molecule has 0 spiro atoms. The highest BCUT2D eigenvalue weighted by Gasteiger charge is 2.48. The predicted octanol–water partition coefficient (Wildman–Crippen LogP) is 5.47. The molecule has 0 radical (unpaired) electrons. The van der Waals surface area contributed by atoms with Crippen LogP contribution in [-0.2, 0) is 11.3 Å². The molecule has 3 heterocycles. The van der Waals surface area contributed by atoms with E-state index in [0.717, 1.165) is 23.6 Å². The molecular weight excluding hydrogens is 516 g/mol. The fraction of sp³-hybridized carbons (Fsp3) is 0.640. The van der Waals surface area contributed by atoms with Crippen LogP contribution < -0.4 is 5.32 Å². The third kappa shape index (κ3) is 5.03. The van der Waals surface area contributed by atoms with E-state index in [4.69, 9.17) is 4.74 Å². The summed E-state index contributed by atoms with van der Waals surface area (Å²) in [4.78, 5) is 18.6. The summed E-state index contributed by atoms with van der Waals surface area (Å²) < 4.78 is 89.9. The summed E-state index contributed by atoms with van der Waals surface area (Å²) >= 11 is 0. The summed E-state index contributed by atoms with van der Waals surface area (Å²) in [6, 6.07) is 1.53. The maximum atomic E-state index is 14.6. The Bertz CT molecular complexity index is 1210. The molecule has 1 aliphatic carbocycles. The molecule has 1 aromatic carbocycles. The van der Waals surface area contributed by atoms with Gasteiger partial charge in [-0.2, -0.15) is 18.2 Å². The molecule has 2 bridgehead atoms. The van der Waals surface area contributed by atoms with Gasteiger partial charge in [-0.3, -0.25) is 0 Å². The minimum absolute atomic E-state index is 0.0523. The molecular formula is C25H29F6N5O2. The summed E-state index contributed by atoms with van der Waals surface area (Å²) in [5, 5.41) is 7.49. The number of benzene rings is 1. The molecule has 7 nitrogen and oxygen atoms in total. The molecule has 1 N–H and O–H groups in total. The third-order valence-corrected chi connectivity index (χ3v) is 7.61. The number of alkyl halides is 3. The Morgan fingerprint density at radius 1 is 1.03 bits per heavy atom. The second-order valence-corrected chi connectivity index (χ2v) is 11.4. The first-order valence-electron chi connectivity index (χ1n) is 12.6. The van der Waals surface area contributed by atoms with Gasteiger partial charge in [0.05, 0.1) is 12.5 Å². The second kappa shape index (κ2) is 9.33. The van der Waals surface area contributed by atoms with Gasteiger partial charge in [0.15, 0.2) is 17.5 Å². The number of amides is 1. The number of nitrogens with zero attached hydrogens (tertiary/aromatic N) is 4. The Labute approximate surface area is 215 Å². The molecule has 1 saturated carbocycles. The zero-order valence-corrected chi connectivity index (χ0v) is 21.2. The van der Waals surface area contributed by atoms with Crippen molar-refractivity contribution in [2.45, 2.75) is 70.3 Å². The van der Waals surface area contributed by atoms with Crippen LogP contribution in [0, 0.1) is 35.2 Å². The fourth-order valence-corrected chi connectivity index (χ4v) is 5.88. The van der Waals surface area contributed by atoms with E-state index < -0.39 is 65.7 Å². The van der Waals surface area contributed by atoms with Crippen LogP contribution in [0.15, 0.2) is 12.1 Å². The minimum atomic E-state index is -4.60. The number of rotatable bonds is 3. The number of aromatic nitrogens is 3. The second-order valence-electron chi connectivity index (χ2n) is 11.4. The van der Waals surface area contributed by atoms with Gasteiger partial charge in [-0.15, -0.1) is 5.10 Å². The fourth-order valence-electron chi connectivity index (χ4n) is 5.88. The lowest BCUT2D eigenvalue weighted by atomic mass is 9.84. The zero-order chi connectivity index (χ0) is 27.6. The maximum absolute atomic E-state index is 14.6. The molecule has 2 aromatic rings. The minimum Gasteiger partial charge on any atom is -0.444 e. The van der Waals surface area contributed by atoms with Crippen LogP contribution in [0.1, 0.15) is 57.3 Å². The van der Waals surface area contributed by atoms with Crippen molar-refractivity contribution >= 4 is 12.0 Å². The number of nitrogens with one attached hydrogen (secondary N) is 1. The summed E-state index contributed by atoms with van der Waals surface area (Å²) in [7, 11) is 0. The molecule has 5 atom stereocenters. The van der Waals surface area contributed by atoms with Crippen molar-refractivity contribution in [2.75, 3.05) is 18.4 Å². The first kappa shape index (κ1) is 26.6. The van der Waals surface area contributed by atoms with Gasteiger partial charge < -0.3 is 15.0 Å². The average Bonchev–Trinajstić information content (AvgIpc) is 3.31. The number of hydrogen-bond donors (Lipinski definition) is 1. The highest BCUT2D eigenvalue weighted by atomic mass is 19.4. The molecule has 208 valence electrons. The van der Waals surface area contributed by atoms with Crippen LogP contribution in [0.5, 0.6) is 0 Å². The smallest absolute Gasteiger partial charge is 0.410 e. The van der Waals surface area contributed by atoms with Gasteiger partial charge in [-0.25, -0.2) is 22.6 Å². The van der Waals surface area contributed by atoms with Crippen LogP contribution in [0.2, 0.25) is 0 Å². The number of anilines is 1. The summed E-state index contributed by atoms with van der Waals surface area (Å²) in [5.74, 6) is -7.57. The highest BCUT2D eigenvalue weighted by Crippen LogP contribution is 2.44. The predicted molar refractivity (Wildman–Crippen MR) is 124 cm³/mol. The standard InChI is InChI=1S/C25H29F6N5O2/c1-24(2,3)38-23(37)35-9-12-4-5-13(10-35)20(12)32-22-33-21-16(15-6-7-17(26)19(28)18(15)27)8-14(25(29,30)31)11-36(21)34-22/h6-7,12-14,16,20H,4-5,8-11H2,1-3H3,(H,32,34)/t12-,13+,14?,16?,20?. The first-order chi connectivity index (χ1) is 17.7. The van der Waals surface area contributed by atoms with Crippen molar-refractivity contribution < 1.29 is 35.9 Å². The van der Waals surface area contributed by atoms with Crippen molar-refractivity contribution in [1.82, 2.24) is 19.7 Å². The summed E-state index contributed by atoms with van der Waals surface area (Å²) in [6.07, 6.45) is -3.87. The SMILES string of the molecule is CC(C)(C)OC(=O)N1C[C@H]2CC[C@@H](C1)C2Nc1nc2n(n1)CC(C(F)(F)F)CC2c1ccc(F)c(F)c1F. The highest BCUT2D eigenvalue weighted by molar-refractivity contribution is 5.68. The Kier molecular flexibility index (Phi) is 6.54. The van der Waals surface area contributed by atoms with Gasteiger partial charge in [-0.05, 0) is 57.9 Å². The number of ether oxygens (including phenoxy) is 1. The monoisotopic (exact) mass is 545 g/mol. The van der Waals surface area contributed by atoms with Gasteiger partial charge in [0, 0.05) is 30.6 Å². The first-order valence-corrected chi connectivity index (χ1v) is 12.6. The lowest BCUT2D eigenvalue weighted by Gasteiger charge is -2.38. The van der Waals surface area contributed by atoms with Gasteiger partial charge in [0.2, 0.25) is 5.95 Å². The van der Waals surface area contributed by atoms with Crippen molar-refractivity contribution in [2.24, 2.45) is 17.8 Å². The molecule has 3 aliphatic rings. The molecule has 1 amide bonds. The number of piperidine rings is 1. The van der Waals surface area contributed by atoms with E-state index in [0.29, 0.717) is 19.2 Å². The molecule has 2 aliphatic heterocycles. The van der Waals surface area contributed by atoms with E-state index in [1.165, 1.54) is 0 Å². The van der Waals surface area contributed by atoms with Crippen LogP contribution in [-0.4, -0.2) is 56.7 Å². The van der Waals surface area contributed by atoms with Crippen LogP contribution >= 0.6 is 0 Å².